The molecule has 3 heterocycles. The van der Waals surface area contributed by atoms with E-state index in [1.165, 1.54) is 11.1 Å². The van der Waals surface area contributed by atoms with Crippen LogP contribution in [0.2, 0.25) is 0 Å². The van der Waals surface area contributed by atoms with Gasteiger partial charge in [-0.1, -0.05) is 0 Å². The van der Waals surface area contributed by atoms with Crippen molar-refractivity contribution in [2.45, 2.75) is 25.4 Å². The van der Waals surface area contributed by atoms with Gasteiger partial charge in [0.1, 0.15) is 6.07 Å². The maximum absolute atomic E-state index is 9.09. The Morgan fingerprint density at radius 3 is 2.94 bits per heavy atom. The van der Waals surface area contributed by atoms with Gasteiger partial charge < -0.3 is 24.7 Å². The number of methoxy groups -OCH3 is 1. The molecule has 10 heteroatoms. The number of thiocarbonyl (C=S) groups is 1. The molecule has 0 aromatic heterocycles. The standard InChI is InChI=1S/C23H23N5O4S/c1-29-21-7-14(10-26-27-23(25)33)15-8-18-16-9-20-19(31-12-32-20)6-13(16)2-4-28(18)11-17(15)22(21)30-5-3-24/h6-7,9-10,18H,2,4-5,8,11-12H2,1H3,(H3,25,27,33)/b26-10+. The topological polar surface area (TPSA) is 114 Å². The van der Waals surface area contributed by atoms with E-state index in [1.54, 1.807) is 13.3 Å². The SMILES string of the molecule is COc1cc(/C=N/NC(N)=S)c2c(c1OCC#N)CN1CCc3cc4c(cc3C1C2)OCO4. The first kappa shape index (κ1) is 21.3. The molecule has 2 aromatic rings. The van der Waals surface area contributed by atoms with Gasteiger partial charge in [-0.3, -0.25) is 10.3 Å². The molecule has 3 aliphatic heterocycles. The highest BCUT2D eigenvalue weighted by Crippen LogP contribution is 2.47. The number of ether oxygens (including phenoxy) is 4. The molecule has 170 valence electrons. The fraction of sp³-hybridized carbons (Fsp3) is 0.348. The number of nitriles is 1. The van der Waals surface area contributed by atoms with Gasteiger partial charge in [0.2, 0.25) is 6.79 Å². The normalized spacial score (nSPS) is 18.1. The van der Waals surface area contributed by atoms with Crippen LogP contribution in [0.25, 0.3) is 0 Å². The molecule has 3 aliphatic rings. The molecular formula is C23H23N5O4S. The molecule has 0 spiro atoms. The van der Waals surface area contributed by atoms with Gasteiger partial charge in [-0.15, -0.1) is 0 Å². The van der Waals surface area contributed by atoms with E-state index in [2.05, 4.69) is 27.6 Å². The summed E-state index contributed by atoms with van der Waals surface area (Å²) in [5, 5.41) is 13.3. The van der Waals surface area contributed by atoms with E-state index >= 15 is 0 Å². The van der Waals surface area contributed by atoms with Gasteiger partial charge in [-0.05, 0) is 59.9 Å². The zero-order chi connectivity index (χ0) is 22.9. The highest BCUT2D eigenvalue weighted by molar-refractivity contribution is 7.80. The van der Waals surface area contributed by atoms with Crippen LogP contribution in [0.3, 0.4) is 0 Å². The molecule has 1 atom stereocenters. The number of nitrogens with one attached hydrogen (secondary N) is 1. The van der Waals surface area contributed by atoms with Crippen molar-refractivity contribution in [1.82, 2.24) is 10.3 Å². The number of rotatable bonds is 5. The van der Waals surface area contributed by atoms with E-state index < -0.39 is 0 Å². The summed E-state index contributed by atoms with van der Waals surface area (Å²) in [6, 6.07) is 8.30. The third kappa shape index (κ3) is 3.90. The van der Waals surface area contributed by atoms with E-state index in [1.807, 2.05) is 12.1 Å². The van der Waals surface area contributed by atoms with E-state index in [-0.39, 0.29) is 24.6 Å². The molecule has 9 nitrogen and oxygen atoms in total. The van der Waals surface area contributed by atoms with Gasteiger partial charge in [0.25, 0.3) is 0 Å². The molecule has 0 aliphatic carbocycles. The number of benzene rings is 2. The number of hydrogen-bond acceptors (Lipinski definition) is 8. The van der Waals surface area contributed by atoms with Crippen LogP contribution in [0.15, 0.2) is 23.3 Å². The zero-order valence-electron chi connectivity index (χ0n) is 18.1. The van der Waals surface area contributed by atoms with Crippen LogP contribution in [0.1, 0.15) is 33.9 Å². The monoisotopic (exact) mass is 465 g/mol. The fourth-order valence-electron chi connectivity index (χ4n) is 4.82. The van der Waals surface area contributed by atoms with Gasteiger partial charge in [-0.25, -0.2) is 0 Å². The Kier molecular flexibility index (Phi) is 5.66. The second kappa shape index (κ2) is 8.77. The summed E-state index contributed by atoms with van der Waals surface area (Å²) in [5.41, 5.74) is 13.6. The molecule has 0 saturated carbocycles. The minimum atomic E-state index is -0.0605. The first-order chi connectivity index (χ1) is 16.1. The summed E-state index contributed by atoms with van der Waals surface area (Å²) in [6.45, 7) is 1.76. The van der Waals surface area contributed by atoms with Crippen molar-refractivity contribution in [2.24, 2.45) is 10.8 Å². The predicted octanol–water partition coefficient (Wildman–Crippen LogP) is 2.15. The third-order valence-electron chi connectivity index (χ3n) is 6.24. The van der Waals surface area contributed by atoms with Crippen molar-refractivity contribution in [3.05, 3.63) is 46.0 Å². The van der Waals surface area contributed by atoms with Crippen molar-refractivity contribution < 1.29 is 18.9 Å². The number of fused-ring (bicyclic) bond motifs is 5. The fourth-order valence-corrected chi connectivity index (χ4v) is 4.88. The predicted molar refractivity (Wildman–Crippen MR) is 125 cm³/mol. The highest BCUT2D eigenvalue weighted by Gasteiger charge is 2.36. The van der Waals surface area contributed by atoms with Crippen LogP contribution < -0.4 is 30.1 Å². The van der Waals surface area contributed by atoms with Crippen molar-refractivity contribution in [3.8, 4) is 29.1 Å². The Hall–Kier alpha value is -3.55. The summed E-state index contributed by atoms with van der Waals surface area (Å²) in [4.78, 5) is 2.43. The van der Waals surface area contributed by atoms with E-state index in [9.17, 15) is 0 Å². The third-order valence-corrected chi connectivity index (χ3v) is 6.33. The molecular weight excluding hydrogens is 442 g/mol. The van der Waals surface area contributed by atoms with Crippen LogP contribution >= 0.6 is 12.2 Å². The molecule has 0 fully saturated rings. The van der Waals surface area contributed by atoms with Gasteiger partial charge >= 0.3 is 0 Å². The molecule has 2 aromatic carbocycles. The Morgan fingerprint density at radius 1 is 1.36 bits per heavy atom. The Bertz CT molecular complexity index is 1190. The average Bonchev–Trinajstić information content (AvgIpc) is 3.27. The average molecular weight is 466 g/mol. The lowest BCUT2D eigenvalue weighted by atomic mass is 9.82. The lowest BCUT2D eigenvalue weighted by Gasteiger charge is -2.42. The van der Waals surface area contributed by atoms with Crippen molar-refractivity contribution in [2.75, 3.05) is 27.1 Å². The van der Waals surface area contributed by atoms with Crippen LogP contribution in [-0.2, 0) is 19.4 Å². The summed E-state index contributed by atoms with van der Waals surface area (Å²) in [6.07, 6.45) is 3.35. The Balaban J connectivity index is 1.59. The molecule has 0 radical (unpaired) electrons. The minimum absolute atomic E-state index is 0.0605. The van der Waals surface area contributed by atoms with E-state index in [0.29, 0.717) is 18.0 Å². The zero-order valence-corrected chi connectivity index (χ0v) is 18.9. The van der Waals surface area contributed by atoms with Crippen molar-refractivity contribution >= 4 is 23.5 Å². The number of nitrogens with zero attached hydrogens (tertiary/aromatic N) is 3. The minimum Gasteiger partial charge on any atom is -0.493 e. The largest absolute Gasteiger partial charge is 0.493 e. The molecule has 3 N–H and O–H groups in total. The summed E-state index contributed by atoms with van der Waals surface area (Å²) in [7, 11) is 1.58. The first-order valence-electron chi connectivity index (χ1n) is 10.6. The number of hydrogen-bond donors (Lipinski definition) is 2. The highest BCUT2D eigenvalue weighted by atomic mass is 32.1. The number of hydrazone groups is 1. The summed E-state index contributed by atoms with van der Waals surface area (Å²) >= 11 is 4.86. The van der Waals surface area contributed by atoms with Crippen LogP contribution in [0.5, 0.6) is 23.0 Å². The Morgan fingerprint density at radius 2 is 2.18 bits per heavy atom. The molecule has 33 heavy (non-hydrogen) atoms. The summed E-state index contributed by atoms with van der Waals surface area (Å²) < 4.78 is 22.7. The van der Waals surface area contributed by atoms with Gasteiger partial charge in [0, 0.05) is 30.3 Å². The quantitative estimate of drug-likeness (QED) is 0.389. The second-order valence-corrected chi connectivity index (χ2v) is 8.42. The van der Waals surface area contributed by atoms with Gasteiger partial charge in [-0.2, -0.15) is 10.4 Å². The smallest absolute Gasteiger partial charge is 0.231 e. The molecule has 5 rings (SSSR count). The van der Waals surface area contributed by atoms with Crippen molar-refractivity contribution in [1.29, 1.82) is 5.26 Å². The van der Waals surface area contributed by atoms with E-state index in [4.69, 9.17) is 42.2 Å². The molecule has 0 amide bonds. The lowest BCUT2D eigenvalue weighted by molar-refractivity contribution is 0.157. The van der Waals surface area contributed by atoms with Crippen LogP contribution in [-0.4, -0.2) is 43.3 Å². The van der Waals surface area contributed by atoms with Gasteiger partial charge in [0.05, 0.1) is 13.3 Å². The molecule has 0 bridgehead atoms. The number of nitrogens with two attached hydrogens (primary N) is 1. The maximum Gasteiger partial charge on any atom is 0.231 e. The summed E-state index contributed by atoms with van der Waals surface area (Å²) in [5.74, 6) is 2.76. The van der Waals surface area contributed by atoms with E-state index in [0.717, 1.165) is 47.6 Å². The van der Waals surface area contributed by atoms with Crippen LogP contribution in [0, 0.1) is 11.3 Å². The molecule has 0 saturated heterocycles. The van der Waals surface area contributed by atoms with Crippen molar-refractivity contribution in [3.63, 3.8) is 0 Å². The van der Waals surface area contributed by atoms with Gasteiger partial charge in [0.15, 0.2) is 34.7 Å². The maximum atomic E-state index is 9.09. The molecule has 1 unspecified atom stereocenters. The second-order valence-electron chi connectivity index (χ2n) is 7.98. The first-order valence-corrected chi connectivity index (χ1v) is 11.0. The van der Waals surface area contributed by atoms with Crippen LogP contribution in [0.4, 0.5) is 0 Å². The Labute approximate surface area is 196 Å². The lowest BCUT2D eigenvalue weighted by Crippen LogP contribution is -2.40.